The van der Waals surface area contributed by atoms with Crippen molar-refractivity contribution in [3.63, 3.8) is 0 Å². The minimum absolute atomic E-state index is 0.122. The molecule has 1 aliphatic heterocycles. The molecule has 2 aliphatic rings. The molecule has 1 aliphatic carbocycles. The summed E-state index contributed by atoms with van der Waals surface area (Å²) >= 11 is 0. The van der Waals surface area contributed by atoms with Crippen LogP contribution in [0, 0.1) is 5.92 Å². The molecule has 1 saturated heterocycles. The fourth-order valence-electron chi connectivity index (χ4n) is 3.72. The van der Waals surface area contributed by atoms with E-state index in [4.69, 9.17) is 0 Å². The molecule has 2 fully saturated rings. The quantitative estimate of drug-likeness (QED) is 0.732. The molecular weight excluding hydrogens is 358 g/mol. The van der Waals surface area contributed by atoms with Gasteiger partial charge in [0.1, 0.15) is 6.04 Å². The van der Waals surface area contributed by atoms with Crippen molar-refractivity contribution in [3.05, 3.63) is 35.9 Å². The molecule has 1 aromatic carbocycles. The molecule has 1 atom stereocenters. The van der Waals surface area contributed by atoms with Gasteiger partial charge in [-0.05, 0) is 32.3 Å². The second-order valence-electron chi connectivity index (χ2n) is 8.42. The number of amides is 2. The van der Waals surface area contributed by atoms with E-state index in [0.717, 1.165) is 18.4 Å². The molecule has 152 valence electrons. The Labute approximate surface area is 165 Å². The number of carboxylic acids is 1. The zero-order chi connectivity index (χ0) is 20.3. The monoisotopic (exact) mass is 387 g/mol. The van der Waals surface area contributed by atoms with Gasteiger partial charge in [0.2, 0.25) is 11.8 Å². The van der Waals surface area contributed by atoms with Crippen LogP contribution in [0.5, 0.6) is 0 Å². The van der Waals surface area contributed by atoms with Crippen molar-refractivity contribution in [1.29, 1.82) is 0 Å². The van der Waals surface area contributed by atoms with Gasteiger partial charge >= 0.3 is 5.97 Å². The molecule has 0 bridgehead atoms. The molecular formula is C21H29N3O4. The maximum absolute atomic E-state index is 12.5. The van der Waals surface area contributed by atoms with E-state index >= 15 is 0 Å². The van der Waals surface area contributed by atoms with Gasteiger partial charge < -0.3 is 15.3 Å². The Bertz CT molecular complexity index is 730. The number of carbonyl (C=O) groups excluding carboxylic acids is 2. The molecule has 28 heavy (non-hydrogen) atoms. The van der Waals surface area contributed by atoms with Crippen LogP contribution >= 0.6 is 0 Å². The summed E-state index contributed by atoms with van der Waals surface area (Å²) in [6.45, 7) is 5.96. The first kappa shape index (κ1) is 20.3. The van der Waals surface area contributed by atoms with Crippen molar-refractivity contribution in [2.45, 2.75) is 44.7 Å². The average Bonchev–Trinajstić information content (AvgIpc) is 3.48. The summed E-state index contributed by atoms with van der Waals surface area (Å²) < 4.78 is 0. The van der Waals surface area contributed by atoms with Crippen LogP contribution in [0.25, 0.3) is 0 Å². The molecule has 2 amide bonds. The predicted molar refractivity (Wildman–Crippen MR) is 105 cm³/mol. The first-order valence-corrected chi connectivity index (χ1v) is 9.86. The van der Waals surface area contributed by atoms with Crippen LogP contribution in [0.2, 0.25) is 0 Å². The van der Waals surface area contributed by atoms with Gasteiger partial charge in [-0.15, -0.1) is 0 Å². The lowest BCUT2D eigenvalue weighted by Gasteiger charge is -2.47. The molecule has 2 N–H and O–H groups in total. The molecule has 0 radical (unpaired) electrons. The molecule has 7 nitrogen and oxygen atoms in total. The van der Waals surface area contributed by atoms with Crippen molar-refractivity contribution in [1.82, 2.24) is 15.1 Å². The van der Waals surface area contributed by atoms with Gasteiger partial charge in [-0.3, -0.25) is 14.5 Å². The van der Waals surface area contributed by atoms with Crippen molar-refractivity contribution < 1.29 is 19.5 Å². The highest BCUT2D eigenvalue weighted by atomic mass is 16.4. The fraction of sp³-hybridized carbons (Fsp3) is 0.571. The fourth-order valence-corrected chi connectivity index (χ4v) is 3.72. The lowest BCUT2D eigenvalue weighted by molar-refractivity contribution is -0.143. The summed E-state index contributed by atoms with van der Waals surface area (Å²) in [4.78, 5) is 40.4. The minimum atomic E-state index is -1.05. The van der Waals surface area contributed by atoms with Crippen molar-refractivity contribution >= 4 is 17.8 Å². The number of carbonyl (C=O) groups is 3. The number of hydrogen-bond acceptors (Lipinski definition) is 4. The lowest BCUT2D eigenvalue weighted by atomic mass is 9.98. The van der Waals surface area contributed by atoms with E-state index in [1.165, 1.54) is 0 Å². The van der Waals surface area contributed by atoms with Crippen LogP contribution < -0.4 is 5.32 Å². The Hall–Kier alpha value is -2.41. The maximum Gasteiger partial charge on any atom is 0.326 e. The number of aliphatic carboxylic acids is 1. The van der Waals surface area contributed by atoms with Gasteiger partial charge in [-0.2, -0.15) is 0 Å². The summed E-state index contributed by atoms with van der Waals surface area (Å²) in [5.74, 6) is -0.930. The van der Waals surface area contributed by atoms with Gasteiger partial charge in [0.15, 0.2) is 0 Å². The molecule has 1 aromatic rings. The molecule has 0 unspecified atom stereocenters. The third kappa shape index (κ3) is 5.10. The van der Waals surface area contributed by atoms with Crippen LogP contribution in [0.15, 0.2) is 30.3 Å². The smallest absolute Gasteiger partial charge is 0.326 e. The highest BCUT2D eigenvalue weighted by molar-refractivity contribution is 5.85. The summed E-state index contributed by atoms with van der Waals surface area (Å²) in [6, 6.07) is 8.30. The van der Waals surface area contributed by atoms with E-state index in [9.17, 15) is 19.5 Å². The molecule has 3 rings (SSSR count). The number of nitrogens with zero attached hydrogens (tertiary/aromatic N) is 2. The van der Waals surface area contributed by atoms with Crippen LogP contribution in [-0.4, -0.2) is 70.4 Å². The Kier molecular flexibility index (Phi) is 6.03. The molecule has 7 heteroatoms. The van der Waals surface area contributed by atoms with Crippen LogP contribution in [0.4, 0.5) is 0 Å². The Balaban J connectivity index is 1.55. The van der Waals surface area contributed by atoms with E-state index < -0.39 is 12.0 Å². The SMILES string of the molecule is CC1(C)CN(C(=O)C2CC2)CCN1CC(=O)N[C@@H](Cc1ccccc1)C(=O)O. The van der Waals surface area contributed by atoms with Gasteiger partial charge in [0.05, 0.1) is 6.54 Å². The lowest BCUT2D eigenvalue weighted by Crippen LogP contribution is -2.62. The second-order valence-corrected chi connectivity index (χ2v) is 8.42. The Morgan fingerprint density at radius 1 is 1.18 bits per heavy atom. The van der Waals surface area contributed by atoms with Crippen LogP contribution in [0.3, 0.4) is 0 Å². The van der Waals surface area contributed by atoms with E-state index in [1.807, 2.05) is 54.0 Å². The third-order valence-corrected chi connectivity index (χ3v) is 5.56. The molecule has 0 aromatic heterocycles. The maximum atomic E-state index is 12.5. The number of piperazine rings is 1. The van der Waals surface area contributed by atoms with Crippen LogP contribution in [-0.2, 0) is 20.8 Å². The predicted octanol–water partition coefficient (Wildman–Crippen LogP) is 1.13. The summed E-state index contributed by atoms with van der Waals surface area (Å²) in [5, 5.41) is 12.1. The summed E-state index contributed by atoms with van der Waals surface area (Å²) in [6.07, 6.45) is 2.22. The van der Waals surface area contributed by atoms with Gasteiger partial charge in [-0.25, -0.2) is 4.79 Å². The number of rotatable bonds is 7. The highest BCUT2D eigenvalue weighted by Crippen LogP contribution is 2.32. The minimum Gasteiger partial charge on any atom is -0.480 e. The van der Waals surface area contributed by atoms with E-state index in [1.54, 1.807) is 0 Å². The topological polar surface area (TPSA) is 90.0 Å². The number of nitrogens with one attached hydrogen (secondary N) is 1. The van der Waals surface area contributed by atoms with Crippen LogP contribution in [0.1, 0.15) is 32.3 Å². The molecule has 1 heterocycles. The van der Waals surface area contributed by atoms with Crippen molar-refractivity contribution in [2.24, 2.45) is 5.92 Å². The molecule has 1 saturated carbocycles. The second kappa shape index (κ2) is 8.31. The van der Waals surface area contributed by atoms with Gasteiger partial charge in [-0.1, -0.05) is 30.3 Å². The summed E-state index contributed by atoms with van der Waals surface area (Å²) in [7, 11) is 0. The first-order valence-electron chi connectivity index (χ1n) is 9.86. The van der Waals surface area contributed by atoms with Crippen molar-refractivity contribution in [3.8, 4) is 0 Å². The zero-order valence-electron chi connectivity index (χ0n) is 16.6. The number of carboxylic acid groups (broad SMARTS) is 1. The largest absolute Gasteiger partial charge is 0.480 e. The van der Waals surface area contributed by atoms with Gasteiger partial charge in [0.25, 0.3) is 0 Å². The summed E-state index contributed by atoms with van der Waals surface area (Å²) in [5.41, 5.74) is 0.529. The first-order chi connectivity index (χ1) is 13.3. The Morgan fingerprint density at radius 2 is 1.86 bits per heavy atom. The normalized spacial score (nSPS) is 20.4. The standard InChI is InChI=1S/C21H29N3O4/c1-21(2)14-23(19(26)16-8-9-16)10-11-24(21)13-18(25)22-17(20(27)28)12-15-6-4-3-5-7-15/h3-7,16-17H,8-14H2,1-2H3,(H,22,25)(H,27,28)/t17-/m0/s1. The zero-order valence-corrected chi connectivity index (χ0v) is 16.6. The third-order valence-electron chi connectivity index (χ3n) is 5.56. The highest BCUT2D eigenvalue weighted by Gasteiger charge is 2.40. The van der Waals surface area contributed by atoms with Crippen molar-refractivity contribution in [2.75, 3.05) is 26.2 Å². The Morgan fingerprint density at radius 3 is 2.43 bits per heavy atom. The van der Waals surface area contributed by atoms with E-state index in [-0.39, 0.29) is 36.2 Å². The number of hydrogen-bond donors (Lipinski definition) is 2. The molecule has 0 spiro atoms. The van der Waals surface area contributed by atoms with E-state index in [2.05, 4.69) is 5.32 Å². The average molecular weight is 387 g/mol. The number of benzene rings is 1. The van der Waals surface area contributed by atoms with Gasteiger partial charge in [0, 0.05) is 37.5 Å². The van der Waals surface area contributed by atoms with E-state index in [0.29, 0.717) is 19.6 Å².